The summed E-state index contributed by atoms with van der Waals surface area (Å²) in [5.41, 5.74) is 12.4. The largest absolute Gasteiger partial charge is 0.483 e. The Kier molecular flexibility index (Phi) is 6.16. The number of ether oxygens (including phenoxy) is 2. The summed E-state index contributed by atoms with van der Waals surface area (Å²) in [6, 6.07) is 9.40. The van der Waals surface area contributed by atoms with E-state index in [1.54, 1.807) is 18.5 Å². The van der Waals surface area contributed by atoms with Gasteiger partial charge in [-0.25, -0.2) is 4.79 Å². The summed E-state index contributed by atoms with van der Waals surface area (Å²) in [6.07, 6.45) is 3.86. The average molecular weight is 357 g/mol. The summed E-state index contributed by atoms with van der Waals surface area (Å²) in [5.74, 6) is 0.0199. The van der Waals surface area contributed by atoms with E-state index < -0.39 is 17.6 Å². The standard InChI is InChI=1S/C19H23N3O4/c1-19(2,26-18(21)24)8-5-13-3-4-16(25-12-17(20)23)15(11-13)14-6-9-22-10-7-14/h3-4,6-7,9-11H,5,8,12H2,1-2H3,(H2,20,23)(H2,21,24). The fourth-order valence-corrected chi connectivity index (χ4v) is 2.53. The zero-order valence-electron chi connectivity index (χ0n) is 14.9. The van der Waals surface area contributed by atoms with Gasteiger partial charge in [0, 0.05) is 18.0 Å². The topological polar surface area (TPSA) is 118 Å². The Morgan fingerprint density at radius 2 is 1.81 bits per heavy atom. The Hall–Kier alpha value is -3.09. The molecule has 0 aliphatic heterocycles. The van der Waals surface area contributed by atoms with E-state index in [2.05, 4.69) is 4.98 Å². The molecule has 7 nitrogen and oxygen atoms in total. The molecule has 2 aromatic rings. The molecule has 0 aliphatic rings. The second-order valence-electron chi connectivity index (χ2n) is 6.50. The highest BCUT2D eigenvalue weighted by atomic mass is 16.6. The minimum Gasteiger partial charge on any atom is -0.483 e. The highest BCUT2D eigenvalue weighted by molar-refractivity contribution is 5.76. The number of nitrogens with zero attached hydrogens (tertiary/aromatic N) is 1. The number of benzene rings is 1. The lowest BCUT2D eigenvalue weighted by Crippen LogP contribution is -2.31. The van der Waals surface area contributed by atoms with Crippen molar-refractivity contribution >= 4 is 12.0 Å². The second-order valence-corrected chi connectivity index (χ2v) is 6.50. The highest BCUT2D eigenvalue weighted by Gasteiger charge is 2.21. The van der Waals surface area contributed by atoms with Gasteiger partial charge in [0.25, 0.3) is 5.91 Å². The van der Waals surface area contributed by atoms with E-state index in [1.165, 1.54) is 0 Å². The van der Waals surface area contributed by atoms with Crippen LogP contribution in [0.15, 0.2) is 42.7 Å². The first-order valence-corrected chi connectivity index (χ1v) is 8.20. The molecule has 1 aromatic heterocycles. The Morgan fingerprint density at radius 3 is 2.42 bits per heavy atom. The third-order valence-electron chi connectivity index (χ3n) is 3.80. The number of rotatable bonds is 8. The molecule has 138 valence electrons. The molecule has 0 saturated heterocycles. The summed E-state index contributed by atoms with van der Waals surface area (Å²) in [6.45, 7) is 3.43. The van der Waals surface area contributed by atoms with Crippen LogP contribution in [0.25, 0.3) is 11.1 Å². The summed E-state index contributed by atoms with van der Waals surface area (Å²) in [4.78, 5) is 26.0. The molecular weight excluding hydrogens is 334 g/mol. The molecule has 26 heavy (non-hydrogen) atoms. The minimum atomic E-state index is -0.789. The van der Waals surface area contributed by atoms with E-state index in [-0.39, 0.29) is 6.61 Å². The molecule has 0 bridgehead atoms. The van der Waals surface area contributed by atoms with E-state index in [0.29, 0.717) is 18.6 Å². The lowest BCUT2D eigenvalue weighted by molar-refractivity contribution is -0.119. The van der Waals surface area contributed by atoms with Gasteiger partial charge >= 0.3 is 6.09 Å². The fraction of sp³-hybridized carbons (Fsp3) is 0.316. The first-order valence-electron chi connectivity index (χ1n) is 8.20. The molecule has 2 amide bonds. The van der Waals surface area contributed by atoms with Crippen molar-refractivity contribution in [2.24, 2.45) is 11.5 Å². The quantitative estimate of drug-likeness (QED) is 0.752. The van der Waals surface area contributed by atoms with Gasteiger partial charge in [-0.2, -0.15) is 0 Å². The van der Waals surface area contributed by atoms with Crippen molar-refractivity contribution in [3.8, 4) is 16.9 Å². The Balaban J connectivity index is 2.24. The molecule has 2 rings (SSSR count). The zero-order chi connectivity index (χ0) is 19.2. The monoisotopic (exact) mass is 357 g/mol. The molecule has 0 saturated carbocycles. The van der Waals surface area contributed by atoms with Crippen LogP contribution in [0.5, 0.6) is 5.75 Å². The number of aryl methyl sites for hydroxylation is 1. The second kappa shape index (κ2) is 8.33. The molecule has 0 spiro atoms. The van der Waals surface area contributed by atoms with Crippen LogP contribution >= 0.6 is 0 Å². The van der Waals surface area contributed by atoms with Crippen LogP contribution in [0.2, 0.25) is 0 Å². The van der Waals surface area contributed by atoms with Crippen LogP contribution in [-0.2, 0) is 16.0 Å². The maximum Gasteiger partial charge on any atom is 0.405 e. The number of carbonyl (C=O) groups excluding carboxylic acids is 2. The summed E-state index contributed by atoms with van der Waals surface area (Å²) < 4.78 is 10.6. The van der Waals surface area contributed by atoms with Crippen molar-refractivity contribution < 1.29 is 19.1 Å². The number of pyridine rings is 1. The normalized spacial score (nSPS) is 11.0. The molecule has 0 fully saturated rings. The van der Waals surface area contributed by atoms with Crippen molar-refractivity contribution in [2.75, 3.05) is 6.61 Å². The summed E-state index contributed by atoms with van der Waals surface area (Å²) in [7, 11) is 0. The molecule has 7 heteroatoms. The minimum absolute atomic E-state index is 0.198. The van der Waals surface area contributed by atoms with Gasteiger partial charge in [0.1, 0.15) is 11.4 Å². The van der Waals surface area contributed by atoms with Gasteiger partial charge in [-0.1, -0.05) is 6.07 Å². The number of carbonyl (C=O) groups is 2. The van der Waals surface area contributed by atoms with E-state index in [0.717, 1.165) is 16.7 Å². The van der Waals surface area contributed by atoms with Crippen LogP contribution in [0, 0.1) is 0 Å². The highest BCUT2D eigenvalue weighted by Crippen LogP contribution is 2.32. The Morgan fingerprint density at radius 1 is 1.12 bits per heavy atom. The molecular formula is C19H23N3O4. The van der Waals surface area contributed by atoms with Gasteiger partial charge in [-0.3, -0.25) is 9.78 Å². The van der Waals surface area contributed by atoms with Crippen molar-refractivity contribution in [3.63, 3.8) is 0 Å². The predicted molar refractivity (Wildman–Crippen MR) is 97.4 cm³/mol. The van der Waals surface area contributed by atoms with Gasteiger partial charge in [-0.15, -0.1) is 0 Å². The van der Waals surface area contributed by atoms with Crippen LogP contribution in [-0.4, -0.2) is 29.2 Å². The van der Waals surface area contributed by atoms with E-state index >= 15 is 0 Å². The van der Waals surface area contributed by atoms with Crippen LogP contribution in [0.4, 0.5) is 4.79 Å². The molecule has 1 aromatic carbocycles. The van der Waals surface area contributed by atoms with Crippen LogP contribution < -0.4 is 16.2 Å². The van der Waals surface area contributed by atoms with Crippen molar-refractivity contribution in [3.05, 3.63) is 48.3 Å². The van der Waals surface area contributed by atoms with Gasteiger partial charge in [-0.05, 0) is 62.1 Å². The lowest BCUT2D eigenvalue weighted by Gasteiger charge is -2.24. The number of hydrogen-bond acceptors (Lipinski definition) is 5. The maximum absolute atomic E-state index is 11.0. The lowest BCUT2D eigenvalue weighted by atomic mass is 9.95. The SMILES string of the molecule is CC(C)(CCc1ccc(OCC(N)=O)c(-c2ccncc2)c1)OC(N)=O. The molecule has 0 aliphatic carbocycles. The summed E-state index contributed by atoms with van der Waals surface area (Å²) >= 11 is 0. The smallest absolute Gasteiger partial charge is 0.405 e. The van der Waals surface area contributed by atoms with Gasteiger partial charge in [0.15, 0.2) is 6.61 Å². The number of amides is 2. The summed E-state index contributed by atoms with van der Waals surface area (Å²) in [5, 5.41) is 0. The van der Waals surface area contributed by atoms with Crippen LogP contribution in [0.1, 0.15) is 25.8 Å². The molecule has 0 unspecified atom stereocenters. The molecule has 0 radical (unpaired) electrons. The Labute approximate surface area is 152 Å². The Bertz CT molecular complexity index is 776. The van der Waals surface area contributed by atoms with Gasteiger partial charge in [0.2, 0.25) is 0 Å². The number of nitrogens with two attached hydrogens (primary N) is 2. The average Bonchev–Trinajstić information content (AvgIpc) is 2.58. The number of hydrogen-bond donors (Lipinski definition) is 2. The van der Waals surface area contributed by atoms with E-state index in [1.807, 2.05) is 38.1 Å². The number of primary amides is 2. The van der Waals surface area contributed by atoms with Crippen LogP contribution in [0.3, 0.4) is 0 Å². The molecule has 1 heterocycles. The zero-order valence-corrected chi connectivity index (χ0v) is 14.9. The van der Waals surface area contributed by atoms with Crippen molar-refractivity contribution in [1.29, 1.82) is 0 Å². The fourth-order valence-electron chi connectivity index (χ4n) is 2.53. The number of aromatic nitrogens is 1. The van der Waals surface area contributed by atoms with Gasteiger partial charge < -0.3 is 20.9 Å². The van der Waals surface area contributed by atoms with Crippen molar-refractivity contribution in [1.82, 2.24) is 4.98 Å². The third-order valence-corrected chi connectivity index (χ3v) is 3.80. The molecule has 4 N–H and O–H groups in total. The van der Waals surface area contributed by atoms with E-state index in [4.69, 9.17) is 20.9 Å². The maximum atomic E-state index is 11.0. The van der Waals surface area contributed by atoms with E-state index in [9.17, 15) is 9.59 Å². The predicted octanol–water partition coefficient (Wildman–Crippen LogP) is 2.42. The van der Waals surface area contributed by atoms with Crippen molar-refractivity contribution in [2.45, 2.75) is 32.3 Å². The third kappa shape index (κ3) is 5.77. The van der Waals surface area contributed by atoms with Gasteiger partial charge in [0.05, 0.1) is 0 Å². The first-order chi connectivity index (χ1) is 12.3. The first kappa shape index (κ1) is 19.2. The molecule has 0 atom stereocenters.